The lowest BCUT2D eigenvalue weighted by atomic mass is 10.1. The highest BCUT2D eigenvalue weighted by Crippen LogP contribution is 2.32. The van der Waals surface area contributed by atoms with E-state index in [-0.39, 0.29) is 0 Å². The molecular formula is C11H13ClO2. The predicted octanol–water partition coefficient (Wildman–Crippen LogP) is 2.87. The Morgan fingerprint density at radius 2 is 1.93 bits per heavy atom. The molecule has 1 fully saturated rings. The van der Waals surface area contributed by atoms with Crippen LogP contribution in [0.2, 0.25) is 5.02 Å². The third-order valence-electron chi connectivity index (χ3n) is 2.52. The van der Waals surface area contributed by atoms with Crippen LogP contribution in [0.5, 0.6) is 0 Å². The van der Waals surface area contributed by atoms with E-state index in [2.05, 4.69) is 0 Å². The standard InChI is InChI=1S/C11H13ClO2/c1-8-7-9(3-4-10(8)12)11(2)13-5-6-14-11/h3-4,7H,5-6H2,1-2H3. The second kappa shape index (κ2) is 3.54. The van der Waals surface area contributed by atoms with Gasteiger partial charge in [-0.05, 0) is 31.5 Å². The summed E-state index contributed by atoms with van der Waals surface area (Å²) < 4.78 is 11.1. The van der Waals surface area contributed by atoms with Crippen LogP contribution >= 0.6 is 11.6 Å². The molecule has 14 heavy (non-hydrogen) atoms. The normalized spacial score (nSPS) is 19.9. The molecule has 76 valence electrons. The molecule has 0 bridgehead atoms. The van der Waals surface area contributed by atoms with Gasteiger partial charge in [0.15, 0.2) is 5.79 Å². The maximum absolute atomic E-state index is 5.95. The first-order valence-electron chi connectivity index (χ1n) is 4.66. The number of aryl methyl sites for hydroxylation is 1. The average molecular weight is 213 g/mol. The van der Waals surface area contributed by atoms with Crippen LogP contribution in [0, 0.1) is 6.92 Å². The van der Waals surface area contributed by atoms with Crippen molar-refractivity contribution in [2.24, 2.45) is 0 Å². The molecule has 0 aliphatic carbocycles. The minimum absolute atomic E-state index is 0.588. The Kier molecular flexibility index (Phi) is 2.52. The van der Waals surface area contributed by atoms with Gasteiger partial charge in [0.25, 0.3) is 0 Å². The summed E-state index contributed by atoms with van der Waals surface area (Å²) in [6, 6.07) is 5.83. The van der Waals surface area contributed by atoms with Gasteiger partial charge in [-0.15, -0.1) is 0 Å². The molecule has 1 saturated heterocycles. The van der Waals surface area contributed by atoms with Gasteiger partial charge in [0.2, 0.25) is 0 Å². The largest absolute Gasteiger partial charge is 0.344 e. The second-order valence-corrected chi connectivity index (χ2v) is 4.01. The topological polar surface area (TPSA) is 18.5 Å². The zero-order valence-corrected chi connectivity index (χ0v) is 9.10. The van der Waals surface area contributed by atoms with Crippen molar-refractivity contribution in [1.29, 1.82) is 0 Å². The molecule has 0 spiro atoms. The maximum atomic E-state index is 5.95. The minimum Gasteiger partial charge on any atom is -0.344 e. The van der Waals surface area contributed by atoms with Gasteiger partial charge in [-0.1, -0.05) is 17.7 Å². The van der Waals surface area contributed by atoms with Crippen LogP contribution in [0.4, 0.5) is 0 Å². The summed E-state index contributed by atoms with van der Waals surface area (Å²) in [7, 11) is 0. The maximum Gasteiger partial charge on any atom is 0.192 e. The van der Waals surface area contributed by atoms with Gasteiger partial charge in [0.05, 0.1) is 13.2 Å². The van der Waals surface area contributed by atoms with E-state index in [4.69, 9.17) is 21.1 Å². The molecule has 0 unspecified atom stereocenters. The lowest BCUT2D eigenvalue weighted by molar-refractivity contribution is -0.149. The van der Waals surface area contributed by atoms with E-state index < -0.39 is 5.79 Å². The fraction of sp³-hybridized carbons (Fsp3) is 0.455. The number of hydrogen-bond acceptors (Lipinski definition) is 2. The van der Waals surface area contributed by atoms with E-state index in [0.717, 1.165) is 16.1 Å². The first kappa shape index (κ1) is 9.97. The van der Waals surface area contributed by atoms with E-state index in [0.29, 0.717) is 13.2 Å². The SMILES string of the molecule is Cc1cc(C2(C)OCCO2)ccc1Cl. The van der Waals surface area contributed by atoms with Gasteiger partial charge in [-0.2, -0.15) is 0 Å². The number of hydrogen-bond donors (Lipinski definition) is 0. The van der Waals surface area contributed by atoms with E-state index in [1.165, 1.54) is 0 Å². The smallest absolute Gasteiger partial charge is 0.192 e. The van der Waals surface area contributed by atoms with Crippen molar-refractivity contribution in [2.45, 2.75) is 19.6 Å². The van der Waals surface area contributed by atoms with Crippen molar-refractivity contribution in [1.82, 2.24) is 0 Å². The van der Waals surface area contributed by atoms with Crippen molar-refractivity contribution < 1.29 is 9.47 Å². The molecule has 2 nitrogen and oxygen atoms in total. The summed E-state index contributed by atoms with van der Waals surface area (Å²) in [5.41, 5.74) is 2.07. The van der Waals surface area contributed by atoms with Crippen LogP contribution in [-0.4, -0.2) is 13.2 Å². The summed E-state index contributed by atoms with van der Waals surface area (Å²) in [5.74, 6) is -0.588. The quantitative estimate of drug-likeness (QED) is 0.713. The van der Waals surface area contributed by atoms with Crippen LogP contribution in [0.3, 0.4) is 0 Å². The molecule has 0 amide bonds. The van der Waals surface area contributed by atoms with Crippen molar-refractivity contribution >= 4 is 11.6 Å². The molecule has 0 N–H and O–H groups in total. The average Bonchev–Trinajstić information content (AvgIpc) is 2.58. The van der Waals surface area contributed by atoms with Crippen molar-refractivity contribution in [3.05, 3.63) is 34.3 Å². The lowest BCUT2D eigenvalue weighted by Crippen LogP contribution is -2.22. The predicted molar refractivity (Wildman–Crippen MR) is 55.4 cm³/mol. The van der Waals surface area contributed by atoms with Gasteiger partial charge in [-0.3, -0.25) is 0 Å². The zero-order valence-electron chi connectivity index (χ0n) is 8.34. The highest BCUT2D eigenvalue weighted by atomic mass is 35.5. The van der Waals surface area contributed by atoms with Gasteiger partial charge in [0.1, 0.15) is 0 Å². The molecular weight excluding hydrogens is 200 g/mol. The van der Waals surface area contributed by atoms with Crippen LogP contribution in [0.15, 0.2) is 18.2 Å². The highest BCUT2D eigenvalue weighted by Gasteiger charge is 2.33. The number of rotatable bonds is 1. The number of benzene rings is 1. The third-order valence-corrected chi connectivity index (χ3v) is 2.94. The Hall–Kier alpha value is -0.570. The summed E-state index contributed by atoms with van der Waals surface area (Å²) in [6.07, 6.45) is 0. The molecule has 0 saturated carbocycles. The molecule has 0 radical (unpaired) electrons. The summed E-state index contributed by atoms with van der Waals surface area (Å²) >= 11 is 5.95. The summed E-state index contributed by atoms with van der Waals surface area (Å²) in [4.78, 5) is 0. The fourth-order valence-electron chi connectivity index (χ4n) is 1.61. The van der Waals surface area contributed by atoms with Crippen molar-refractivity contribution in [3.8, 4) is 0 Å². The monoisotopic (exact) mass is 212 g/mol. The van der Waals surface area contributed by atoms with E-state index in [1.54, 1.807) is 0 Å². The molecule has 3 heteroatoms. The lowest BCUT2D eigenvalue weighted by Gasteiger charge is -2.23. The van der Waals surface area contributed by atoms with Crippen LogP contribution in [-0.2, 0) is 15.3 Å². The number of halogens is 1. The van der Waals surface area contributed by atoms with Gasteiger partial charge >= 0.3 is 0 Å². The second-order valence-electron chi connectivity index (χ2n) is 3.61. The van der Waals surface area contributed by atoms with Crippen molar-refractivity contribution in [2.75, 3.05) is 13.2 Å². The third kappa shape index (κ3) is 1.65. The summed E-state index contributed by atoms with van der Waals surface area (Å²) in [6.45, 7) is 5.21. The molecule has 1 aromatic carbocycles. The summed E-state index contributed by atoms with van der Waals surface area (Å²) in [5, 5.41) is 0.773. The molecule has 0 aromatic heterocycles. The first-order valence-corrected chi connectivity index (χ1v) is 5.04. The molecule has 1 aliphatic heterocycles. The van der Waals surface area contributed by atoms with Crippen molar-refractivity contribution in [3.63, 3.8) is 0 Å². The highest BCUT2D eigenvalue weighted by molar-refractivity contribution is 6.31. The van der Waals surface area contributed by atoms with Gasteiger partial charge in [-0.25, -0.2) is 0 Å². The molecule has 1 aromatic rings. The zero-order chi connectivity index (χ0) is 10.2. The molecule has 1 aliphatic rings. The van der Waals surface area contributed by atoms with Gasteiger partial charge < -0.3 is 9.47 Å². The molecule has 0 atom stereocenters. The van der Waals surface area contributed by atoms with Crippen LogP contribution in [0.1, 0.15) is 18.1 Å². The fourth-order valence-corrected chi connectivity index (χ4v) is 1.73. The van der Waals surface area contributed by atoms with Crippen LogP contribution < -0.4 is 0 Å². The minimum atomic E-state index is -0.588. The number of ether oxygens (including phenoxy) is 2. The Morgan fingerprint density at radius 3 is 2.50 bits per heavy atom. The van der Waals surface area contributed by atoms with Crippen LogP contribution in [0.25, 0.3) is 0 Å². The Bertz CT molecular complexity index is 343. The Balaban J connectivity index is 2.36. The molecule has 1 heterocycles. The Morgan fingerprint density at radius 1 is 1.29 bits per heavy atom. The first-order chi connectivity index (χ1) is 6.62. The van der Waals surface area contributed by atoms with E-state index in [1.807, 2.05) is 32.0 Å². The Labute approximate surface area is 88.8 Å². The van der Waals surface area contributed by atoms with E-state index in [9.17, 15) is 0 Å². The molecule has 2 rings (SSSR count). The van der Waals surface area contributed by atoms with E-state index >= 15 is 0 Å². The van der Waals surface area contributed by atoms with Gasteiger partial charge in [0, 0.05) is 10.6 Å².